The Morgan fingerprint density at radius 3 is 2.43 bits per heavy atom. The molecule has 2 rings (SSSR count). The zero-order valence-electron chi connectivity index (χ0n) is 13.0. The number of rotatable bonds is 6. The first-order valence-electron chi connectivity index (χ1n) is 7.33. The van der Waals surface area contributed by atoms with Gasteiger partial charge in [-0.05, 0) is 44.0 Å². The van der Waals surface area contributed by atoms with Crippen LogP contribution in [0.3, 0.4) is 0 Å². The monoisotopic (exact) mass is 378 g/mol. The second kappa shape index (κ2) is 7.97. The fourth-order valence-electron chi connectivity index (χ4n) is 2.13. The van der Waals surface area contributed by atoms with Crippen molar-refractivity contribution in [2.45, 2.75) is 32.4 Å². The van der Waals surface area contributed by atoms with Crippen LogP contribution in [0, 0.1) is 0 Å². The zero-order valence-corrected chi connectivity index (χ0v) is 14.6. The molecule has 0 saturated carbocycles. The molecule has 0 bridgehead atoms. The number of benzene rings is 1. The zero-order chi connectivity index (χ0) is 16.8. The summed E-state index contributed by atoms with van der Waals surface area (Å²) in [5, 5.41) is 5.55. The smallest absolute Gasteiger partial charge is 0.255 e. The minimum atomic E-state index is -0.621. The molecule has 0 aliphatic heterocycles. The summed E-state index contributed by atoms with van der Waals surface area (Å²) in [6.45, 7) is 3.59. The molecular formula is C17H19BrN2O3. The van der Waals surface area contributed by atoms with E-state index in [0.29, 0.717) is 5.56 Å². The lowest BCUT2D eigenvalue weighted by atomic mass is 10.1. The van der Waals surface area contributed by atoms with E-state index in [1.165, 1.54) is 12.5 Å². The lowest BCUT2D eigenvalue weighted by Crippen LogP contribution is -2.47. The quantitative estimate of drug-likeness (QED) is 0.811. The highest BCUT2D eigenvalue weighted by Crippen LogP contribution is 2.12. The number of nitrogens with one attached hydrogen (secondary N) is 2. The number of hydrogen-bond donors (Lipinski definition) is 2. The molecule has 6 heteroatoms. The largest absolute Gasteiger partial charge is 0.472 e. The van der Waals surface area contributed by atoms with Crippen LogP contribution in [-0.4, -0.2) is 23.9 Å². The summed E-state index contributed by atoms with van der Waals surface area (Å²) in [7, 11) is 0. The molecule has 2 atom stereocenters. The van der Waals surface area contributed by atoms with Gasteiger partial charge in [-0.15, -0.1) is 0 Å². The van der Waals surface area contributed by atoms with Crippen molar-refractivity contribution >= 4 is 27.7 Å². The fourth-order valence-corrected chi connectivity index (χ4v) is 2.40. The Bertz CT molecular complexity index is 653. The molecule has 23 heavy (non-hydrogen) atoms. The van der Waals surface area contributed by atoms with Crippen molar-refractivity contribution in [2.75, 3.05) is 0 Å². The number of hydrogen-bond acceptors (Lipinski definition) is 3. The van der Waals surface area contributed by atoms with E-state index < -0.39 is 6.04 Å². The van der Waals surface area contributed by atoms with Gasteiger partial charge in [-0.1, -0.05) is 28.1 Å². The molecular weight excluding hydrogens is 360 g/mol. The second-order valence-electron chi connectivity index (χ2n) is 5.45. The molecule has 0 aliphatic rings. The minimum Gasteiger partial charge on any atom is -0.472 e. The summed E-state index contributed by atoms with van der Waals surface area (Å²) in [6, 6.07) is 8.86. The summed E-state index contributed by atoms with van der Waals surface area (Å²) in [4.78, 5) is 24.0. The number of carbonyl (C=O) groups is 2. The van der Waals surface area contributed by atoms with Gasteiger partial charge < -0.3 is 15.1 Å². The minimum absolute atomic E-state index is 0.0306. The first kappa shape index (κ1) is 17.3. The average Bonchev–Trinajstić information content (AvgIpc) is 3.03. The van der Waals surface area contributed by atoms with Crippen molar-refractivity contribution in [2.24, 2.45) is 0 Å². The molecule has 2 amide bonds. The third kappa shape index (κ3) is 5.25. The molecule has 2 N–H and O–H groups in total. The van der Waals surface area contributed by atoms with Gasteiger partial charge in [0.2, 0.25) is 5.91 Å². The van der Waals surface area contributed by atoms with Gasteiger partial charge in [0.25, 0.3) is 5.91 Å². The summed E-state index contributed by atoms with van der Waals surface area (Å²) >= 11 is 3.39. The molecule has 2 aromatic rings. The Balaban J connectivity index is 1.82. The first-order chi connectivity index (χ1) is 11.0. The Labute approximate surface area is 143 Å². The maximum absolute atomic E-state index is 12.1. The highest BCUT2D eigenvalue weighted by Gasteiger charge is 2.18. The molecule has 1 aromatic heterocycles. The highest BCUT2D eigenvalue weighted by molar-refractivity contribution is 9.10. The SMILES string of the molecule is C[C@H](Cc1ccc(Br)cc1)NC(=O)[C@H](C)NC(=O)c1ccoc1. The number of halogens is 1. The van der Waals surface area contributed by atoms with Crippen molar-refractivity contribution in [3.05, 3.63) is 58.5 Å². The van der Waals surface area contributed by atoms with Gasteiger partial charge in [0.05, 0.1) is 11.8 Å². The van der Waals surface area contributed by atoms with Gasteiger partial charge in [-0.2, -0.15) is 0 Å². The van der Waals surface area contributed by atoms with E-state index in [1.54, 1.807) is 13.0 Å². The molecule has 1 heterocycles. The standard InChI is InChI=1S/C17H19BrN2O3/c1-11(9-13-3-5-15(18)6-4-13)19-16(21)12(2)20-17(22)14-7-8-23-10-14/h3-8,10-12H,9H2,1-2H3,(H,19,21)(H,20,22)/t11-,12+/m1/s1. The van der Waals surface area contributed by atoms with Crippen molar-refractivity contribution in [1.29, 1.82) is 0 Å². The molecule has 1 aromatic carbocycles. The highest BCUT2D eigenvalue weighted by atomic mass is 79.9. The topological polar surface area (TPSA) is 71.3 Å². The van der Waals surface area contributed by atoms with Crippen LogP contribution in [0.4, 0.5) is 0 Å². The van der Waals surface area contributed by atoms with Crippen LogP contribution >= 0.6 is 15.9 Å². The van der Waals surface area contributed by atoms with Crippen molar-refractivity contribution < 1.29 is 14.0 Å². The third-order valence-corrected chi connectivity index (χ3v) is 3.90. The van der Waals surface area contributed by atoms with Crippen LogP contribution < -0.4 is 10.6 Å². The van der Waals surface area contributed by atoms with E-state index in [2.05, 4.69) is 26.6 Å². The molecule has 0 aliphatic carbocycles. The number of furan rings is 1. The van der Waals surface area contributed by atoms with E-state index in [-0.39, 0.29) is 17.9 Å². The average molecular weight is 379 g/mol. The summed E-state index contributed by atoms with van der Waals surface area (Å²) in [5.41, 5.74) is 1.53. The van der Waals surface area contributed by atoms with Gasteiger partial charge in [0, 0.05) is 10.5 Å². The number of carbonyl (C=O) groups excluding carboxylic acids is 2. The second-order valence-corrected chi connectivity index (χ2v) is 6.36. The normalized spacial score (nSPS) is 13.2. The molecule has 5 nitrogen and oxygen atoms in total. The fraction of sp³-hybridized carbons (Fsp3) is 0.294. The lowest BCUT2D eigenvalue weighted by Gasteiger charge is -2.18. The molecule has 0 radical (unpaired) electrons. The lowest BCUT2D eigenvalue weighted by molar-refractivity contribution is -0.123. The van der Waals surface area contributed by atoms with Crippen molar-refractivity contribution in [3.63, 3.8) is 0 Å². The molecule has 122 valence electrons. The van der Waals surface area contributed by atoms with E-state index in [9.17, 15) is 9.59 Å². The Morgan fingerprint density at radius 2 is 1.83 bits per heavy atom. The van der Waals surface area contributed by atoms with Crippen LogP contribution in [0.25, 0.3) is 0 Å². The van der Waals surface area contributed by atoms with Crippen LogP contribution in [-0.2, 0) is 11.2 Å². The maximum atomic E-state index is 12.1. The van der Waals surface area contributed by atoms with Gasteiger partial charge in [-0.3, -0.25) is 9.59 Å². The number of amides is 2. The molecule has 0 spiro atoms. The third-order valence-electron chi connectivity index (χ3n) is 3.37. The Kier molecular flexibility index (Phi) is 5.98. The Morgan fingerprint density at radius 1 is 1.13 bits per heavy atom. The van der Waals surface area contributed by atoms with Gasteiger partial charge in [-0.25, -0.2) is 0 Å². The predicted molar refractivity (Wildman–Crippen MR) is 91.1 cm³/mol. The van der Waals surface area contributed by atoms with E-state index in [4.69, 9.17) is 4.42 Å². The summed E-state index contributed by atoms with van der Waals surface area (Å²) < 4.78 is 5.87. The Hall–Kier alpha value is -2.08. The van der Waals surface area contributed by atoms with E-state index in [0.717, 1.165) is 16.5 Å². The van der Waals surface area contributed by atoms with Crippen LogP contribution in [0.5, 0.6) is 0 Å². The molecule has 0 unspecified atom stereocenters. The van der Waals surface area contributed by atoms with E-state index in [1.807, 2.05) is 31.2 Å². The van der Waals surface area contributed by atoms with Gasteiger partial charge in [0.1, 0.15) is 12.3 Å². The predicted octanol–water partition coefficient (Wildman–Crippen LogP) is 2.91. The van der Waals surface area contributed by atoms with Crippen molar-refractivity contribution in [1.82, 2.24) is 10.6 Å². The maximum Gasteiger partial charge on any atom is 0.255 e. The first-order valence-corrected chi connectivity index (χ1v) is 8.13. The molecule has 0 fully saturated rings. The van der Waals surface area contributed by atoms with Crippen LogP contribution in [0.2, 0.25) is 0 Å². The van der Waals surface area contributed by atoms with E-state index >= 15 is 0 Å². The molecule has 0 saturated heterocycles. The van der Waals surface area contributed by atoms with Gasteiger partial charge in [0.15, 0.2) is 0 Å². The van der Waals surface area contributed by atoms with Gasteiger partial charge >= 0.3 is 0 Å². The van der Waals surface area contributed by atoms with Crippen LogP contribution in [0.15, 0.2) is 51.7 Å². The van der Waals surface area contributed by atoms with Crippen molar-refractivity contribution in [3.8, 4) is 0 Å². The summed E-state index contributed by atoms with van der Waals surface area (Å²) in [5.74, 6) is -0.548. The van der Waals surface area contributed by atoms with Crippen LogP contribution in [0.1, 0.15) is 29.8 Å². The summed E-state index contributed by atoms with van der Waals surface area (Å²) in [6.07, 6.45) is 3.48.